The van der Waals surface area contributed by atoms with Crippen LogP contribution in [0.4, 0.5) is 0 Å². The Morgan fingerprint density at radius 1 is 1.17 bits per heavy atom. The van der Waals surface area contributed by atoms with Crippen molar-refractivity contribution in [2.75, 3.05) is 6.26 Å². The molecule has 92 valence electrons. The fraction of sp³-hybridized carbons (Fsp3) is 0.200. The van der Waals surface area contributed by atoms with Crippen LogP contribution in [0.1, 0.15) is 16.5 Å². The lowest BCUT2D eigenvalue weighted by atomic mass is 10.0. The predicted octanol–water partition coefficient (Wildman–Crippen LogP) is 5.40. The number of fused-ring (bicyclic) bond motifs is 2. The molecule has 2 aromatic rings. The summed E-state index contributed by atoms with van der Waals surface area (Å²) >= 11 is 10.2. The fourth-order valence-corrected chi connectivity index (χ4v) is 4.17. The molecule has 0 aromatic heterocycles. The number of rotatable bonds is 1. The van der Waals surface area contributed by atoms with Crippen LogP contribution in [0.3, 0.4) is 0 Å². The molecule has 0 saturated carbocycles. The van der Waals surface area contributed by atoms with Gasteiger partial charge in [0, 0.05) is 14.7 Å². The van der Waals surface area contributed by atoms with Crippen LogP contribution in [-0.2, 0) is 6.42 Å². The van der Waals surface area contributed by atoms with Gasteiger partial charge < -0.3 is 0 Å². The van der Waals surface area contributed by atoms with Gasteiger partial charge in [-0.2, -0.15) is 0 Å². The minimum Gasteiger partial charge on any atom is -0.130 e. The molecule has 0 amide bonds. The number of alkyl halides is 1. The molecule has 1 aliphatic heterocycles. The summed E-state index contributed by atoms with van der Waals surface area (Å²) in [6.45, 7) is 0. The van der Waals surface area contributed by atoms with Crippen LogP contribution in [0.15, 0.2) is 57.2 Å². The molecule has 1 aliphatic rings. The van der Waals surface area contributed by atoms with E-state index in [0.717, 1.165) is 6.42 Å². The molecule has 0 N–H and O–H groups in total. The Morgan fingerprint density at radius 3 is 2.83 bits per heavy atom. The number of halogens is 1. The van der Waals surface area contributed by atoms with E-state index in [-0.39, 0.29) is 5.38 Å². The highest BCUT2D eigenvalue weighted by Gasteiger charge is 2.20. The third-order valence-corrected chi connectivity index (χ3v) is 5.47. The van der Waals surface area contributed by atoms with Crippen molar-refractivity contribution in [3.05, 3.63) is 53.6 Å². The average molecular weight is 293 g/mol. The van der Waals surface area contributed by atoms with Crippen molar-refractivity contribution in [2.45, 2.75) is 26.5 Å². The van der Waals surface area contributed by atoms with Crippen LogP contribution in [0, 0.1) is 0 Å². The first-order valence-electron chi connectivity index (χ1n) is 5.85. The summed E-state index contributed by atoms with van der Waals surface area (Å²) < 4.78 is 0. The van der Waals surface area contributed by atoms with Gasteiger partial charge in [-0.1, -0.05) is 30.0 Å². The average Bonchev–Trinajstić information content (AvgIpc) is 2.54. The van der Waals surface area contributed by atoms with Crippen LogP contribution >= 0.6 is 35.1 Å². The molecule has 18 heavy (non-hydrogen) atoms. The van der Waals surface area contributed by atoms with E-state index in [2.05, 4.69) is 48.7 Å². The van der Waals surface area contributed by atoms with Gasteiger partial charge in [0.15, 0.2) is 0 Å². The molecule has 1 unspecified atom stereocenters. The van der Waals surface area contributed by atoms with E-state index in [4.69, 9.17) is 11.6 Å². The summed E-state index contributed by atoms with van der Waals surface area (Å²) in [5.41, 5.74) is 2.62. The van der Waals surface area contributed by atoms with Gasteiger partial charge >= 0.3 is 0 Å². The highest BCUT2D eigenvalue weighted by Crippen LogP contribution is 2.43. The zero-order chi connectivity index (χ0) is 12.5. The molecule has 0 nitrogen and oxygen atoms in total. The van der Waals surface area contributed by atoms with Crippen LogP contribution < -0.4 is 0 Å². The third kappa shape index (κ3) is 2.29. The predicted molar refractivity (Wildman–Crippen MR) is 81.1 cm³/mol. The Balaban J connectivity index is 2.10. The summed E-state index contributed by atoms with van der Waals surface area (Å²) in [5, 5.41) is 0.0725. The second kappa shape index (κ2) is 5.20. The largest absolute Gasteiger partial charge is 0.130 e. The zero-order valence-electron chi connectivity index (χ0n) is 10.0. The van der Waals surface area contributed by atoms with E-state index in [1.54, 1.807) is 11.8 Å². The Morgan fingerprint density at radius 2 is 2.00 bits per heavy atom. The maximum atomic E-state index is 6.59. The SMILES string of the molecule is CSc1ccc2c(c1)C(Cl)Cc1ccccc1S2. The van der Waals surface area contributed by atoms with Crippen molar-refractivity contribution in [1.82, 2.24) is 0 Å². The van der Waals surface area contributed by atoms with Crippen LogP contribution in [0.25, 0.3) is 0 Å². The summed E-state index contributed by atoms with van der Waals surface area (Å²) in [4.78, 5) is 3.91. The maximum absolute atomic E-state index is 6.59. The molecule has 0 bridgehead atoms. The van der Waals surface area contributed by atoms with Gasteiger partial charge in [-0.25, -0.2) is 0 Å². The lowest BCUT2D eigenvalue weighted by Gasteiger charge is -2.11. The molecule has 0 radical (unpaired) electrons. The first-order valence-corrected chi connectivity index (χ1v) is 8.33. The highest BCUT2D eigenvalue weighted by atomic mass is 35.5. The lowest BCUT2D eigenvalue weighted by Crippen LogP contribution is -1.95. The Kier molecular flexibility index (Phi) is 3.60. The van der Waals surface area contributed by atoms with E-state index in [1.165, 1.54) is 25.8 Å². The standard InChI is InChI=1S/C15H13ClS2/c1-17-11-6-7-15-12(9-11)13(16)8-10-4-2-3-5-14(10)18-15/h2-7,9,13H,8H2,1H3. The molecule has 3 heteroatoms. The van der Waals surface area contributed by atoms with Crippen LogP contribution in [0.2, 0.25) is 0 Å². The van der Waals surface area contributed by atoms with Crippen molar-refractivity contribution in [3.8, 4) is 0 Å². The van der Waals surface area contributed by atoms with Gasteiger partial charge in [-0.05, 0) is 48.1 Å². The molecule has 0 saturated heterocycles. The van der Waals surface area contributed by atoms with Gasteiger partial charge in [-0.3, -0.25) is 0 Å². The highest BCUT2D eigenvalue weighted by molar-refractivity contribution is 7.99. The van der Waals surface area contributed by atoms with Gasteiger partial charge in [0.05, 0.1) is 5.38 Å². The van der Waals surface area contributed by atoms with E-state index < -0.39 is 0 Å². The number of benzene rings is 2. The second-order valence-electron chi connectivity index (χ2n) is 4.29. The first-order chi connectivity index (χ1) is 8.78. The first kappa shape index (κ1) is 12.5. The minimum absolute atomic E-state index is 0.0725. The van der Waals surface area contributed by atoms with Gasteiger partial charge in [0.25, 0.3) is 0 Å². The summed E-state index contributed by atoms with van der Waals surface area (Å²) in [7, 11) is 0. The van der Waals surface area contributed by atoms with Gasteiger partial charge in [-0.15, -0.1) is 23.4 Å². The lowest BCUT2D eigenvalue weighted by molar-refractivity contribution is 0.886. The third-order valence-electron chi connectivity index (χ3n) is 3.15. The topological polar surface area (TPSA) is 0 Å². The fourth-order valence-electron chi connectivity index (χ4n) is 2.18. The maximum Gasteiger partial charge on any atom is 0.0637 e. The van der Waals surface area contributed by atoms with Crippen molar-refractivity contribution < 1.29 is 0 Å². The number of hydrogen-bond donors (Lipinski definition) is 0. The Hall–Kier alpha value is -0.570. The summed E-state index contributed by atoms with van der Waals surface area (Å²) in [5.74, 6) is 0. The molecule has 3 rings (SSSR count). The molecule has 2 aromatic carbocycles. The molecular formula is C15H13ClS2. The van der Waals surface area contributed by atoms with Crippen molar-refractivity contribution >= 4 is 35.1 Å². The van der Waals surface area contributed by atoms with Crippen molar-refractivity contribution in [3.63, 3.8) is 0 Å². The van der Waals surface area contributed by atoms with E-state index in [1.807, 2.05) is 11.8 Å². The van der Waals surface area contributed by atoms with Crippen molar-refractivity contribution in [1.29, 1.82) is 0 Å². The van der Waals surface area contributed by atoms with Crippen LogP contribution in [-0.4, -0.2) is 6.26 Å². The molecular weight excluding hydrogens is 280 g/mol. The van der Waals surface area contributed by atoms with Crippen LogP contribution in [0.5, 0.6) is 0 Å². The van der Waals surface area contributed by atoms with E-state index >= 15 is 0 Å². The molecule has 0 aliphatic carbocycles. The minimum atomic E-state index is 0.0725. The second-order valence-corrected chi connectivity index (χ2v) is 6.78. The van der Waals surface area contributed by atoms with E-state index in [9.17, 15) is 0 Å². The summed E-state index contributed by atoms with van der Waals surface area (Å²) in [6, 6.07) is 15.1. The molecule has 0 fully saturated rings. The number of thioether (sulfide) groups is 1. The Labute approximate surface area is 121 Å². The monoisotopic (exact) mass is 292 g/mol. The van der Waals surface area contributed by atoms with Gasteiger partial charge in [0.1, 0.15) is 0 Å². The normalized spacial score (nSPS) is 17.8. The van der Waals surface area contributed by atoms with E-state index in [0.29, 0.717) is 0 Å². The van der Waals surface area contributed by atoms with Gasteiger partial charge in [0.2, 0.25) is 0 Å². The molecule has 1 atom stereocenters. The molecule has 0 spiro atoms. The van der Waals surface area contributed by atoms with Crippen molar-refractivity contribution in [2.24, 2.45) is 0 Å². The molecule has 1 heterocycles. The zero-order valence-corrected chi connectivity index (χ0v) is 12.4. The smallest absolute Gasteiger partial charge is 0.0637 e. The Bertz CT molecular complexity index is 580. The number of hydrogen-bond acceptors (Lipinski definition) is 2. The quantitative estimate of drug-likeness (QED) is 0.510. The summed E-state index contributed by atoms with van der Waals surface area (Å²) in [6.07, 6.45) is 3.01.